The van der Waals surface area contributed by atoms with Gasteiger partial charge in [-0.3, -0.25) is 25.8 Å². The van der Waals surface area contributed by atoms with Crippen molar-refractivity contribution in [2.45, 2.75) is 12.8 Å². The van der Waals surface area contributed by atoms with Gasteiger partial charge in [0.2, 0.25) is 11.8 Å². The number of carbonyl (C=O) groups is 2. The van der Waals surface area contributed by atoms with Gasteiger partial charge in [-0.1, -0.05) is 23.2 Å². The van der Waals surface area contributed by atoms with Crippen LogP contribution in [0, 0.1) is 11.8 Å². The Balaban J connectivity index is 1.59. The number of amides is 2. The zero-order valence-corrected chi connectivity index (χ0v) is 16.7. The molecule has 2 amide bonds. The number of hydrogen-bond donors (Lipinski definition) is 3. The van der Waals surface area contributed by atoms with E-state index >= 15 is 0 Å². The number of rotatable bonds is 4. The largest absolute Gasteiger partial charge is 0.296 e. The number of nitrogens with one attached hydrogen (secondary N) is 3. The van der Waals surface area contributed by atoms with E-state index in [2.05, 4.69) is 26.4 Å². The maximum absolute atomic E-state index is 12.1. The van der Waals surface area contributed by atoms with Crippen molar-refractivity contribution in [3.63, 3.8) is 0 Å². The van der Waals surface area contributed by atoms with E-state index in [-0.39, 0.29) is 11.8 Å². The lowest BCUT2D eigenvalue weighted by molar-refractivity contribution is -0.126. The standard InChI is InChI=1S/C20H17Cl2N5O2/c21-11-1-5-13(6-2-11)24-26-17-9-15-16(20(29)23-19(15)28)10-18(17)27-25-14-7-3-12(22)4-8-14/h1-8,15-16,24-25H,9-10H2,(H,23,28,29). The third-order valence-electron chi connectivity index (χ3n) is 4.89. The van der Waals surface area contributed by atoms with Gasteiger partial charge in [-0.15, -0.1) is 0 Å². The molecule has 0 aromatic heterocycles. The summed E-state index contributed by atoms with van der Waals surface area (Å²) in [5.41, 5.74) is 8.68. The number of benzene rings is 2. The van der Waals surface area contributed by atoms with Crippen LogP contribution in [0.3, 0.4) is 0 Å². The van der Waals surface area contributed by atoms with Crippen LogP contribution < -0.4 is 16.2 Å². The number of halogens is 2. The van der Waals surface area contributed by atoms with Crippen LogP contribution in [0.25, 0.3) is 0 Å². The smallest absolute Gasteiger partial charge is 0.230 e. The average Bonchev–Trinajstić information content (AvgIpc) is 2.99. The number of fused-ring (bicyclic) bond motifs is 1. The van der Waals surface area contributed by atoms with Crippen LogP contribution in [0.4, 0.5) is 11.4 Å². The first-order chi connectivity index (χ1) is 14.0. The molecule has 148 valence electrons. The SMILES string of the molecule is O=C1NC(=O)C2CC(=NNc3ccc(Cl)cc3)C(=NNc3ccc(Cl)cc3)CC12. The molecule has 9 heteroatoms. The van der Waals surface area contributed by atoms with E-state index in [1.807, 2.05) is 0 Å². The van der Waals surface area contributed by atoms with Crippen molar-refractivity contribution in [1.82, 2.24) is 5.32 Å². The van der Waals surface area contributed by atoms with Crippen molar-refractivity contribution in [1.29, 1.82) is 0 Å². The fourth-order valence-electron chi connectivity index (χ4n) is 3.33. The summed E-state index contributed by atoms with van der Waals surface area (Å²) in [6.07, 6.45) is 0.647. The summed E-state index contributed by atoms with van der Waals surface area (Å²) >= 11 is 11.8. The van der Waals surface area contributed by atoms with Crippen LogP contribution in [-0.4, -0.2) is 23.2 Å². The minimum atomic E-state index is -0.428. The molecule has 3 N–H and O–H groups in total. The van der Waals surface area contributed by atoms with Crippen LogP contribution in [0.2, 0.25) is 10.0 Å². The highest BCUT2D eigenvalue weighted by Crippen LogP contribution is 2.32. The molecule has 2 fully saturated rings. The lowest BCUT2D eigenvalue weighted by Gasteiger charge is -2.24. The van der Waals surface area contributed by atoms with Gasteiger partial charge in [0.25, 0.3) is 0 Å². The maximum Gasteiger partial charge on any atom is 0.230 e. The highest BCUT2D eigenvalue weighted by Gasteiger charge is 2.46. The molecule has 1 saturated carbocycles. The van der Waals surface area contributed by atoms with Gasteiger partial charge < -0.3 is 0 Å². The molecule has 29 heavy (non-hydrogen) atoms. The fourth-order valence-corrected chi connectivity index (χ4v) is 3.58. The molecular formula is C20H17Cl2N5O2. The lowest BCUT2D eigenvalue weighted by Crippen LogP contribution is -2.35. The molecule has 0 spiro atoms. The number of carbonyl (C=O) groups excluding carboxylic acids is 2. The number of imide groups is 1. The quantitative estimate of drug-likeness (QED) is 0.506. The Hall–Kier alpha value is -2.90. The van der Waals surface area contributed by atoms with Gasteiger partial charge in [-0.2, -0.15) is 10.2 Å². The van der Waals surface area contributed by atoms with Gasteiger partial charge in [0, 0.05) is 22.9 Å². The van der Waals surface area contributed by atoms with Gasteiger partial charge in [0.15, 0.2) is 0 Å². The number of anilines is 2. The second kappa shape index (κ2) is 8.23. The number of hydrazone groups is 2. The topological polar surface area (TPSA) is 95.0 Å². The normalized spacial score (nSPS) is 23.8. The summed E-state index contributed by atoms with van der Waals surface area (Å²) in [5, 5.41) is 12.6. The Morgan fingerprint density at radius 1 is 0.724 bits per heavy atom. The molecule has 2 atom stereocenters. The summed E-state index contributed by atoms with van der Waals surface area (Å²) in [5.74, 6) is -1.38. The monoisotopic (exact) mass is 429 g/mol. The maximum atomic E-state index is 12.1. The van der Waals surface area contributed by atoms with E-state index in [0.29, 0.717) is 34.3 Å². The molecule has 2 aromatic rings. The minimum Gasteiger partial charge on any atom is -0.296 e. The van der Waals surface area contributed by atoms with Gasteiger partial charge in [-0.05, 0) is 48.5 Å². The van der Waals surface area contributed by atoms with Crippen LogP contribution in [0.5, 0.6) is 0 Å². The highest BCUT2D eigenvalue weighted by atomic mass is 35.5. The average molecular weight is 430 g/mol. The third-order valence-corrected chi connectivity index (χ3v) is 5.40. The molecule has 7 nitrogen and oxygen atoms in total. The first kappa shape index (κ1) is 19.4. The van der Waals surface area contributed by atoms with Crippen molar-refractivity contribution in [2.24, 2.45) is 22.0 Å². The lowest BCUT2D eigenvalue weighted by atomic mass is 9.79. The summed E-state index contributed by atoms with van der Waals surface area (Å²) in [6.45, 7) is 0. The van der Waals surface area contributed by atoms with Crippen molar-refractivity contribution in [2.75, 3.05) is 10.9 Å². The highest BCUT2D eigenvalue weighted by molar-refractivity contribution is 6.44. The van der Waals surface area contributed by atoms with Gasteiger partial charge in [-0.25, -0.2) is 0 Å². The third kappa shape index (κ3) is 4.41. The number of hydrogen-bond acceptors (Lipinski definition) is 6. The summed E-state index contributed by atoms with van der Waals surface area (Å²) < 4.78 is 0. The summed E-state index contributed by atoms with van der Waals surface area (Å²) in [7, 11) is 0. The number of nitrogens with zero attached hydrogens (tertiary/aromatic N) is 2. The van der Waals surface area contributed by atoms with Crippen molar-refractivity contribution < 1.29 is 9.59 Å². The Labute approximate surface area is 177 Å². The van der Waals surface area contributed by atoms with Crippen molar-refractivity contribution >= 4 is 57.8 Å². The predicted octanol–water partition coefficient (Wildman–Crippen LogP) is 3.91. The van der Waals surface area contributed by atoms with E-state index in [1.54, 1.807) is 48.5 Å². The van der Waals surface area contributed by atoms with Gasteiger partial charge >= 0.3 is 0 Å². The molecule has 4 rings (SSSR count). The molecule has 1 aliphatic carbocycles. The summed E-state index contributed by atoms with van der Waals surface area (Å²) in [4.78, 5) is 24.2. The minimum absolute atomic E-state index is 0.260. The molecule has 1 saturated heterocycles. The second-order valence-corrected chi connectivity index (χ2v) is 7.70. The molecule has 0 radical (unpaired) electrons. The van der Waals surface area contributed by atoms with E-state index in [0.717, 1.165) is 11.4 Å². The molecule has 2 unspecified atom stereocenters. The Bertz CT molecular complexity index is 921. The Morgan fingerprint density at radius 2 is 1.10 bits per heavy atom. The van der Waals surface area contributed by atoms with E-state index < -0.39 is 11.8 Å². The second-order valence-electron chi connectivity index (χ2n) is 6.83. The molecule has 1 aliphatic heterocycles. The Kier molecular flexibility index (Phi) is 5.51. The molecule has 2 aromatic carbocycles. The first-order valence-electron chi connectivity index (χ1n) is 9.01. The van der Waals surface area contributed by atoms with E-state index in [1.165, 1.54) is 0 Å². The zero-order chi connectivity index (χ0) is 20.4. The predicted molar refractivity (Wildman–Crippen MR) is 114 cm³/mol. The Morgan fingerprint density at radius 3 is 1.48 bits per heavy atom. The fraction of sp³-hybridized carbons (Fsp3) is 0.200. The molecule has 0 bridgehead atoms. The van der Waals surface area contributed by atoms with Crippen LogP contribution >= 0.6 is 23.2 Å². The van der Waals surface area contributed by atoms with E-state index in [9.17, 15) is 9.59 Å². The first-order valence-corrected chi connectivity index (χ1v) is 9.76. The molecule has 2 aliphatic rings. The van der Waals surface area contributed by atoms with Crippen LogP contribution in [0.1, 0.15) is 12.8 Å². The molecule has 1 heterocycles. The van der Waals surface area contributed by atoms with Gasteiger partial charge in [0.05, 0.1) is 34.6 Å². The van der Waals surface area contributed by atoms with Crippen molar-refractivity contribution in [3.8, 4) is 0 Å². The van der Waals surface area contributed by atoms with E-state index in [4.69, 9.17) is 23.2 Å². The zero-order valence-electron chi connectivity index (χ0n) is 15.2. The molecular weight excluding hydrogens is 413 g/mol. The van der Waals surface area contributed by atoms with Crippen LogP contribution in [-0.2, 0) is 9.59 Å². The van der Waals surface area contributed by atoms with Crippen LogP contribution in [0.15, 0.2) is 58.7 Å². The van der Waals surface area contributed by atoms with Crippen molar-refractivity contribution in [3.05, 3.63) is 58.6 Å². The summed E-state index contributed by atoms with van der Waals surface area (Å²) in [6, 6.07) is 14.2. The van der Waals surface area contributed by atoms with Gasteiger partial charge in [0.1, 0.15) is 0 Å².